The summed E-state index contributed by atoms with van der Waals surface area (Å²) in [5.41, 5.74) is -0.539. The zero-order chi connectivity index (χ0) is 23.0. The number of hydrogen-bond donors (Lipinski definition) is 1. The van der Waals surface area contributed by atoms with Crippen molar-refractivity contribution >= 4 is 36.5 Å². The molecule has 0 saturated carbocycles. The summed E-state index contributed by atoms with van der Waals surface area (Å²) < 4.78 is 115. The average molecular weight is 483 g/mol. The molecule has 0 aliphatic carbocycles. The summed E-state index contributed by atoms with van der Waals surface area (Å²) in [5, 5.41) is -0.808. The lowest BCUT2D eigenvalue weighted by Crippen LogP contribution is -2.14. The van der Waals surface area contributed by atoms with Gasteiger partial charge in [0, 0.05) is 23.8 Å². The summed E-state index contributed by atoms with van der Waals surface area (Å²) in [6.07, 6.45) is 0.885. The van der Waals surface area contributed by atoms with Crippen molar-refractivity contribution in [2.75, 3.05) is 11.0 Å². The molecular formula is C17H13F4NO7S2. The summed E-state index contributed by atoms with van der Waals surface area (Å²) in [5.74, 6) is -1.56. The van der Waals surface area contributed by atoms with Gasteiger partial charge in [-0.3, -0.25) is 4.72 Å². The molecular weight excluding hydrogens is 470 g/mol. The zero-order valence-corrected chi connectivity index (χ0v) is 17.0. The molecule has 1 heterocycles. The van der Waals surface area contributed by atoms with E-state index < -0.39 is 49.7 Å². The zero-order valence-electron chi connectivity index (χ0n) is 15.4. The van der Waals surface area contributed by atoms with Crippen LogP contribution in [0.15, 0.2) is 56.9 Å². The molecule has 3 aromatic rings. The predicted molar refractivity (Wildman–Crippen MR) is 99.8 cm³/mol. The summed E-state index contributed by atoms with van der Waals surface area (Å²) in [6, 6.07) is 7.71. The van der Waals surface area contributed by atoms with Crippen LogP contribution in [0.4, 0.5) is 23.2 Å². The van der Waals surface area contributed by atoms with Crippen LogP contribution in [0.5, 0.6) is 11.5 Å². The summed E-state index contributed by atoms with van der Waals surface area (Å²) >= 11 is 0. The Morgan fingerprint density at radius 3 is 2.06 bits per heavy atom. The highest BCUT2D eigenvalue weighted by Crippen LogP contribution is 2.37. The molecule has 1 N–H and O–H groups in total. The topological polar surface area (TPSA) is 112 Å². The molecule has 0 radical (unpaired) electrons. The lowest BCUT2D eigenvalue weighted by Gasteiger charge is -2.11. The van der Waals surface area contributed by atoms with E-state index in [0.29, 0.717) is 0 Å². The predicted octanol–water partition coefficient (Wildman–Crippen LogP) is 3.84. The van der Waals surface area contributed by atoms with Crippen molar-refractivity contribution in [1.82, 2.24) is 0 Å². The van der Waals surface area contributed by atoms with Gasteiger partial charge in [0.15, 0.2) is 21.3 Å². The van der Waals surface area contributed by atoms with Crippen molar-refractivity contribution in [3.63, 3.8) is 0 Å². The number of ether oxygens (including phenoxy) is 2. The second kappa shape index (κ2) is 8.26. The first kappa shape index (κ1) is 22.7. The third kappa shape index (κ3) is 5.19. The van der Waals surface area contributed by atoms with Crippen LogP contribution in [0.2, 0.25) is 0 Å². The lowest BCUT2D eigenvalue weighted by molar-refractivity contribution is -0.0691. The number of sulfone groups is 1. The fourth-order valence-corrected chi connectivity index (χ4v) is 4.56. The molecule has 31 heavy (non-hydrogen) atoms. The Morgan fingerprint density at radius 2 is 1.48 bits per heavy atom. The first-order chi connectivity index (χ1) is 14.4. The second-order valence-electron chi connectivity index (χ2n) is 6.03. The smallest absolute Gasteiger partial charge is 0.387 e. The van der Waals surface area contributed by atoms with Crippen LogP contribution in [0.3, 0.4) is 0 Å². The number of benzene rings is 2. The fourth-order valence-electron chi connectivity index (χ4n) is 2.60. The fraction of sp³-hybridized carbons (Fsp3) is 0.176. The van der Waals surface area contributed by atoms with E-state index in [1.54, 1.807) is 0 Å². The number of nitrogens with one attached hydrogen (secondary N) is 1. The Morgan fingerprint density at radius 1 is 0.903 bits per heavy atom. The number of sulfonamides is 1. The molecule has 1 aromatic heterocycles. The SMILES string of the molecule is CS(=O)(=O)c1ccccc1NS(=O)(=O)c1cc2cc(OC(F)F)c(OC(F)F)cc2o1. The Kier molecular flexibility index (Phi) is 6.04. The molecule has 168 valence electrons. The third-order valence-electron chi connectivity index (χ3n) is 3.79. The minimum absolute atomic E-state index is 0.0750. The molecule has 8 nitrogen and oxygen atoms in total. The number of alkyl halides is 4. The van der Waals surface area contributed by atoms with Gasteiger partial charge in [-0.05, 0) is 18.2 Å². The van der Waals surface area contributed by atoms with Crippen LogP contribution >= 0.6 is 0 Å². The molecule has 0 fully saturated rings. The Labute approximate surface area is 173 Å². The molecule has 0 amide bonds. The van der Waals surface area contributed by atoms with Crippen LogP contribution in [0.25, 0.3) is 11.0 Å². The van der Waals surface area contributed by atoms with Crippen molar-refractivity contribution in [3.8, 4) is 11.5 Å². The molecule has 14 heteroatoms. The number of hydrogen-bond acceptors (Lipinski definition) is 7. The van der Waals surface area contributed by atoms with Crippen LogP contribution in [0, 0.1) is 0 Å². The van der Waals surface area contributed by atoms with Gasteiger partial charge in [-0.1, -0.05) is 12.1 Å². The van der Waals surface area contributed by atoms with Crippen LogP contribution in [0.1, 0.15) is 0 Å². The Bertz CT molecular complexity index is 1270. The van der Waals surface area contributed by atoms with Gasteiger partial charge in [-0.15, -0.1) is 0 Å². The molecule has 0 aliphatic rings. The van der Waals surface area contributed by atoms with Crippen molar-refractivity contribution in [2.45, 2.75) is 23.2 Å². The van der Waals surface area contributed by atoms with Crippen molar-refractivity contribution in [2.24, 2.45) is 0 Å². The average Bonchev–Trinajstić information content (AvgIpc) is 3.04. The standard InChI is InChI=1S/C17H13F4NO7S2/c1-30(23,24)14-5-3-2-4-10(14)22-31(25,26)15-7-9-6-12(28-16(18)19)13(29-17(20)21)8-11(9)27-15/h2-8,16-17,22H,1H3. The molecule has 0 spiro atoms. The van der Waals surface area contributed by atoms with Gasteiger partial charge in [-0.2, -0.15) is 26.0 Å². The van der Waals surface area contributed by atoms with Crippen molar-refractivity contribution < 1.29 is 48.3 Å². The first-order valence-corrected chi connectivity index (χ1v) is 11.5. The van der Waals surface area contributed by atoms with E-state index in [9.17, 15) is 34.4 Å². The molecule has 0 bridgehead atoms. The number of furan rings is 1. The van der Waals surface area contributed by atoms with Gasteiger partial charge in [0.25, 0.3) is 10.0 Å². The molecule has 0 aliphatic heterocycles. The molecule has 0 atom stereocenters. The van der Waals surface area contributed by atoms with E-state index >= 15 is 0 Å². The van der Waals surface area contributed by atoms with Gasteiger partial charge < -0.3 is 13.9 Å². The van der Waals surface area contributed by atoms with Crippen LogP contribution in [-0.4, -0.2) is 36.3 Å². The van der Waals surface area contributed by atoms with E-state index in [1.807, 2.05) is 0 Å². The maximum atomic E-state index is 12.7. The van der Waals surface area contributed by atoms with E-state index in [2.05, 4.69) is 14.2 Å². The number of anilines is 1. The monoisotopic (exact) mass is 483 g/mol. The quantitative estimate of drug-likeness (QED) is 0.485. The maximum Gasteiger partial charge on any atom is 0.387 e. The van der Waals surface area contributed by atoms with Gasteiger partial charge in [0.05, 0.1) is 10.6 Å². The first-order valence-electron chi connectivity index (χ1n) is 8.16. The van der Waals surface area contributed by atoms with E-state index in [-0.39, 0.29) is 21.6 Å². The second-order valence-corrected chi connectivity index (χ2v) is 9.63. The van der Waals surface area contributed by atoms with Crippen molar-refractivity contribution in [3.05, 3.63) is 42.5 Å². The molecule has 0 unspecified atom stereocenters. The highest BCUT2D eigenvalue weighted by atomic mass is 32.2. The minimum atomic E-state index is -4.49. The van der Waals surface area contributed by atoms with Gasteiger partial charge in [0.1, 0.15) is 5.58 Å². The molecule has 0 saturated heterocycles. The number of rotatable bonds is 8. The van der Waals surface area contributed by atoms with Gasteiger partial charge in [-0.25, -0.2) is 8.42 Å². The summed E-state index contributed by atoms with van der Waals surface area (Å²) in [7, 11) is -8.27. The lowest BCUT2D eigenvalue weighted by atomic mass is 10.2. The third-order valence-corrected chi connectivity index (χ3v) is 6.16. The summed E-state index contributed by atoms with van der Waals surface area (Å²) in [4.78, 5) is -0.296. The Hall–Kier alpha value is -3.00. The largest absolute Gasteiger partial charge is 0.443 e. The highest BCUT2D eigenvalue weighted by molar-refractivity contribution is 7.93. The highest BCUT2D eigenvalue weighted by Gasteiger charge is 2.25. The van der Waals surface area contributed by atoms with Crippen LogP contribution < -0.4 is 14.2 Å². The maximum absolute atomic E-state index is 12.7. The summed E-state index contributed by atoms with van der Waals surface area (Å²) in [6.45, 7) is -6.73. The van der Waals surface area contributed by atoms with E-state index in [4.69, 9.17) is 4.42 Å². The minimum Gasteiger partial charge on any atom is -0.443 e. The van der Waals surface area contributed by atoms with E-state index in [1.165, 1.54) is 24.3 Å². The normalized spacial score (nSPS) is 12.5. The van der Waals surface area contributed by atoms with E-state index in [0.717, 1.165) is 24.5 Å². The number of halogens is 4. The number of para-hydroxylation sites is 1. The van der Waals surface area contributed by atoms with Gasteiger partial charge in [0.2, 0.25) is 5.09 Å². The van der Waals surface area contributed by atoms with Crippen molar-refractivity contribution in [1.29, 1.82) is 0 Å². The molecule has 3 rings (SSSR count). The number of fused-ring (bicyclic) bond motifs is 1. The van der Waals surface area contributed by atoms with Crippen LogP contribution in [-0.2, 0) is 19.9 Å². The Balaban J connectivity index is 2.05. The van der Waals surface area contributed by atoms with Gasteiger partial charge >= 0.3 is 13.2 Å². The molecule has 2 aromatic carbocycles.